The zero-order valence-electron chi connectivity index (χ0n) is 14.7. The van der Waals surface area contributed by atoms with Crippen LogP contribution in [0.1, 0.15) is 38.8 Å². The van der Waals surface area contributed by atoms with Crippen LogP contribution < -0.4 is 10.2 Å². The first kappa shape index (κ1) is 18.7. The highest BCUT2D eigenvalue weighted by Crippen LogP contribution is 2.34. The molecule has 1 heterocycles. The number of para-hydroxylation sites is 1. The smallest absolute Gasteiger partial charge is 0.414 e. The minimum Gasteiger partial charge on any atom is -0.443 e. The number of hydrogen-bond acceptors (Lipinski definition) is 5. The molecular weight excluding hydrogens is 308 g/mol. The van der Waals surface area contributed by atoms with Gasteiger partial charge in [0.05, 0.1) is 25.5 Å². The molecule has 0 aliphatic carbocycles. The van der Waals surface area contributed by atoms with Crippen molar-refractivity contribution in [2.75, 3.05) is 37.8 Å². The van der Waals surface area contributed by atoms with Gasteiger partial charge in [0.2, 0.25) is 0 Å². The van der Waals surface area contributed by atoms with Crippen LogP contribution in [-0.4, -0.2) is 49.7 Å². The topological polar surface area (TPSA) is 71.0 Å². The summed E-state index contributed by atoms with van der Waals surface area (Å²) in [7, 11) is 0. The quantitative estimate of drug-likeness (QED) is 0.781. The Hall–Kier alpha value is -1.63. The van der Waals surface area contributed by atoms with Gasteiger partial charge in [0.25, 0.3) is 0 Å². The zero-order valence-corrected chi connectivity index (χ0v) is 14.7. The monoisotopic (exact) mass is 336 g/mol. The van der Waals surface area contributed by atoms with Crippen LogP contribution in [0.5, 0.6) is 0 Å². The SMILES string of the molecule is CC(C)(C)OC(=O)N1CCC(NCCOCCO)c2ccccc21. The molecule has 1 unspecified atom stereocenters. The van der Waals surface area contributed by atoms with Crippen LogP contribution in [0.3, 0.4) is 0 Å². The summed E-state index contributed by atoms with van der Waals surface area (Å²) in [4.78, 5) is 14.2. The number of anilines is 1. The van der Waals surface area contributed by atoms with Gasteiger partial charge in [0.1, 0.15) is 5.60 Å². The van der Waals surface area contributed by atoms with E-state index in [2.05, 4.69) is 5.32 Å². The van der Waals surface area contributed by atoms with Gasteiger partial charge < -0.3 is 19.9 Å². The Morgan fingerprint density at radius 2 is 2.08 bits per heavy atom. The van der Waals surface area contributed by atoms with E-state index in [0.717, 1.165) is 17.7 Å². The lowest BCUT2D eigenvalue weighted by atomic mass is 9.96. The third kappa shape index (κ3) is 5.19. The Morgan fingerprint density at radius 3 is 2.79 bits per heavy atom. The Labute approximate surface area is 143 Å². The molecule has 1 aliphatic rings. The molecule has 1 aliphatic heterocycles. The Balaban J connectivity index is 2.03. The van der Waals surface area contributed by atoms with E-state index < -0.39 is 5.60 Å². The molecular formula is C18H28N2O4. The second-order valence-electron chi connectivity index (χ2n) is 6.82. The maximum Gasteiger partial charge on any atom is 0.414 e. The lowest BCUT2D eigenvalue weighted by Crippen LogP contribution is -2.42. The third-order valence-electron chi connectivity index (χ3n) is 3.73. The van der Waals surface area contributed by atoms with E-state index in [1.54, 1.807) is 4.90 Å². The van der Waals surface area contributed by atoms with E-state index in [1.165, 1.54) is 0 Å². The van der Waals surface area contributed by atoms with Crippen molar-refractivity contribution in [1.29, 1.82) is 0 Å². The summed E-state index contributed by atoms with van der Waals surface area (Å²) in [5, 5.41) is 12.2. The van der Waals surface area contributed by atoms with Crippen molar-refractivity contribution in [3.05, 3.63) is 29.8 Å². The first-order valence-corrected chi connectivity index (χ1v) is 8.44. The minimum atomic E-state index is -0.509. The number of aliphatic hydroxyl groups is 1. The second kappa shape index (κ2) is 8.46. The minimum absolute atomic E-state index is 0.0388. The van der Waals surface area contributed by atoms with Crippen molar-refractivity contribution in [1.82, 2.24) is 5.32 Å². The molecule has 6 heteroatoms. The van der Waals surface area contributed by atoms with Crippen molar-refractivity contribution in [2.45, 2.75) is 38.8 Å². The number of rotatable bonds is 6. The van der Waals surface area contributed by atoms with Crippen molar-refractivity contribution in [3.63, 3.8) is 0 Å². The fraction of sp³-hybridized carbons (Fsp3) is 0.611. The molecule has 1 aromatic rings. The number of aliphatic hydroxyl groups excluding tert-OH is 1. The summed E-state index contributed by atoms with van der Waals surface area (Å²) in [5.41, 5.74) is 1.48. The number of carbonyl (C=O) groups excluding carboxylic acids is 1. The van der Waals surface area contributed by atoms with Gasteiger partial charge in [-0.15, -0.1) is 0 Å². The van der Waals surface area contributed by atoms with Crippen molar-refractivity contribution in [2.24, 2.45) is 0 Å². The molecule has 1 aromatic carbocycles. The first-order valence-electron chi connectivity index (χ1n) is 8.44. The standard InChI is InChI=1S/C18H28N2O4/c1-18(2,3)24-17(22)20-10-8-15(19-9-12-23-13-11-21)14-6-4-5-7-16(14)20/h4-7,15,19,21H,8-13H2,1-3H3. The predicted octanol–water partition coefficient (Wildman–Crippen LogP) is 2.47. The van der Waals surface area contributed by atoms with Gasteiger partial charge in [-0.1, -0.05) is 18.2 Å². The molecule has 1 amide bonds. The molecule has 0 fully saturated rings. The molecule has 24 heavy (non-hydrogen) atoms. The van der Waals surface area contributed by atoms with Gasteiger partial charge in [-0.2, -0.15) is 0 Å². The summed E-state index contributed by atoms with van der Waals surface area (Å²) in [6, 6.07) is 8.09. The molecule has 2 rings (SSSR count). The maximum absolute atomic E-state index is 12.5. The van der Waals surface area contributed by atoms with Gasteiger partial charge in [-0.3, -0.25) is 4.90 Å². The molecule has 1 atom stereocenters. The lowest BCUT2D eigenvalue weighted by molar-refractivity contribution is 0.0575. The van der Waals surface area contributed by atoms with Crippen molar-refractivity contribution in [3.8, 4) is 0 Å². The number of amides is 1. The molecule has 0 spiro atoms. The Kier molecular flexibility index (Phi) is 6.60. The third-order valence-corrected chi connectivity index (χ3v) is 3.73. The molecule has 2 N–H and O–H groups in total. The normalized spacial score (nSPS) is 17.5. The van der Waals surface area contributed by atoms with E-state index in [1.807, 2.05) is 45.0 Å². The number of carbonyl (C=O) groups is 1. The van der Waals surface area contributed by atoms with Crippen LogP contribution in [0.25, 0.3) is 0 Å². The van der Waals surface area contributed by atoms with Crippen LogP contribution >= 0.6 is 0 Å². The highest BCUT2D eigenvalue weighted by Gasteiger charge is 2.30. The molecule has 0 radical (unpaired) electrons. The molecule has 0 saturated heterocycles. The Bertz CT molecular complexity index is 542. The number of benzene rings is 1. The fourth-order valence-corrected chi connectivity index (χ4v) is 2.75. The first-order chi connectivity index (χ1) is 11.4. The summed E-state index contributed by atoms with van der Waals surface area (Å²) >= 11 is 0. The van der Waals surface area contributed by atoms with E-state index in [9.17, 15) is 4.79 Å². The number of hydrogen-bond donors (Lipinski definition) is 2. The largest absolute Gasteiger partial charge is 0.443 e. The van der Waals surface area contributed by atoms with E-state index in [0.29, 0.717) is 26.3 Å². The lowest BCUT2D eigenvalue weighted by Gasteiger charge is -2.35. The van der Waals surface area contributed by atoms with E-state index >= 15 is 0 Å². The van der Waals surface area contributed by atoms with Crippen LogP contribution in [0.15, 0.2) is 24.3 Å². The molecule has 0 aromatic heterocycles. The van der Waals surface area contributed by atoms with Gasteiger partial charge in [0.15, 0.2) is 0 Å². The van der Waals surface area contributed by atoms with Gasteiger partial charge in [-0.25, -0.2) is 4.79 Å². The zero-order chi connectivity index (χ0) is 17.6. The summed E-state index contributed by atoms with van der Waals surface area (Å²) < 4.78 is 10.8. The Morgan fingerprint density at radius 1 is 1.33 bits per heavy atom. The van der Waals surface area contributed by atoms with Crippen molar-refractivity contribution < 1.29 is 19.4 Å². The summed E-state index contributed by atoms with van der Waals surface area (Å²) in [5.74, 6) is 0. The van der Waals surface area contributed by atoms with Gasteiger partial charge in [0, 0.05) is 19.1 Å². The highest BCUT2D eigenvalue weighted by atomic mass is 16.6. The number of nitrogens with zero attached hydrogens (tertiary/aromatic N) is 1. The van der Waals surface area contributed by atoms with Crippen LogP contribution in [0.2, 0.25) is 0 Å². The van der Waals surface area contributed by atoms with Crippen molar-refractivity contribution >= 4 is 11.8 Å². The molecule has 134 valence electrons. The maximum atomic E-state index is 12.5. The van der Waals surface area contributed by atoms with Crippen LogP contribution in [0, 0.1) is 0 Å². The fourth-order valence-electron chi connectivity index (χ4n) is 2.75. The molecule has 6 nitrogen and oxygen atoms in total. The van der Waals surface area contributed by atoms with Crippen LogP contribution in [0.4, 0.5) is 10.5 Å². The average Bonchev–Trinajstić information content (AvgIpc) is 2.53. The number of ether oxygens (including phenoxy) is 2. The van der Waals surface area contributed by atoms with Crippen LogP contribution in [-0.2, 0) is 9.47 Å². The highest BCUT2D eigenvalue weighted by molar-refractivity contribution is 5.89. The molecule has 0 saturated carbocycles. The number of nitrogens with one attached hydrogen (secondary N) is 1. The van der Waals surface area contributed by atoms with Gasteiger partial charge >= 0.3 is 6.09 Å². The van der Waals surface area contributed by atoms with E-state index in [4.69, 9.17) is 14.6 Å². The molecule has 0 bridgehead atoms. The number of fused-ring (bicyclic) bond motifs is 1. The summed E-state index contributed by atoms with van der Waals surface area (Å²) in [6.45, 7) is 7.88. The summed E-state index contributed by atoms with van der Waals surface area (Å²) in [6.07, 6.45) is 0.510. The average molecular weight is 336 g/mol. The van der Waals surface area contributed by atoms with Gasteiger partial charge in [-0.05, 0) is 38.8 Å². The van der Waals surface area contributed by atoms with E-state index in [-0.39, 0.29) is 18.7 Å². The predicted molar refractivity (Wildman–Crippen MR) is 93.3 cm³/mol. The second-order valence-corrected chi connectivity index (χ2v) is 6.82.